The maximum atomic E-state index is 2.50. The van der Waals surface area contributed by atoms with Crippen molar-refractivity contribution in [3.8, 4) is 0 Å². The molecule has 0 N–H and O–H groups in total. The highest BCUT2D eigenvalue weighted by molar-refractivity contribution is 5.54. The normalized spacial score (nSPS) is 36.0. The van der Waals surface area contributed by atoms with E-state index in [2.05, 4.69) is 74.6 Å². The van der Waals surface area contributed by atoms with Crippen molar-refractivity contribution in [3.05, 3.63) is 65.8 Å². The Morgan fingerprint density at radius 1 is 1.04 bits per heavy atom. The average molecular weight is 319 g/mol. The van der Waals surface area contributed by atoms with E-state index in [4.69, 9.17) is 0 Å². The molecule has 1 aromatic carbocycles. The van der Waals surface area contributed by atoms with Gasteiger partial charge in [-0.1, -0.05) is 80.1 Å². The SMILES string of the molecule is CC1(C)CC2CC(C3C=CC=CC3)(CC/C2=C\c2ccccc2)C1. The Bertz CT molecular complexity index is 673. The van der Waals surface area contributed by atoms with Gasteiger partial charge in [-0.05, 0) is 66.8 Å². The van der Waals surface area contributed by atoms with Crippen LogP contribution in [0.25, 0.3) is 6.08 Å². The zero-order valence-corrected chi connectivity index (χ0v) is 15.2. The lowest BCUT2D eigenvalue weighted by atomic mass is 9.49. The molecule has 3 aliphatic carbocycles. The standard InChI is InChI=1S/C24H30/c1-23(2)16-21-17-24(18-23,22-11-7-4-8-12-22)14-13-20(21)15-19-9-5-3-6-10-19/h3-11,15,21-22H,12-14,16-18H2,1-2H3/b20-15+. The second-order valence-corrected chi connectivity index (χ2v) is 9.09. The molecule has 2 fully saturated rings. The van der Waals surface area contributed by atoms with Crippen LogP contribution in [-0.4, -0.2) is 0 Å². The molecule has 2 bridgehead atoms. The topological polar surface area (TPSA) is 0 Å². The summed E-state index contributed by atoms with van der Waals surface area (Å²) in [5.41, 5.74) is 4.08. The molecule has 2 saturated carbocycles. The molecule has 0 radical (unpaired) electrons. The highest BCUT2D eigenvalue weighted by Gasteiger charge is 2.50. The monoisotopic (exact) mass is 318 g/mol. The van der Waals surface area contributed by atoms with Crippen molar-refractivity contribution in [2.75, 3.05) is 0 Å². The van der Waals surface area contributed by atoms with Gasteiger partial charge in [-0.25, -0.2) is 0 Å². The molecule has 3 atom stereocenters. The van der Waals surface area contributed by atoms with E-state index in [0.29, 0.717) is 10.8 Å². The van der Waals surface area contributed by atoms with Gasteiger partial charge in [-0.3, -0.25) is 0 Å². The fraction of sp³-hybridized carbons (Fsp3) is 0.500. The summed E-state index contributed by atoms with van der Waals surface area (Å²) in [7, 11) is 0. The number of fused-ring (bicyclic) bond motifs is 2. The molecular weight excluding hydrogens is 288 g/mol. The number of hydrogen-bond acceptors (Lipinski definition) is 0. The smallest absolute Gasteiger partial charge is 0.0139 e. The fourth-order valence-electron chi connectivity index (χ4n) is 5.83. The molecule has 0 aromatic heterocycles. The van der Waals surface area contributed by atoms with Gasteiger partial charge < -0.3 is 0 Å². The van der Waals surface area contributed by atoms with Gasteiger partial charge in [0.1, 0.15) is 0 Å². The van der Waals surface area contributed by atoms with Crippen LogP contribution in [0.3, 0.4) is 0 Å². The van der Waals surface area contributed by atoms with Crippen molar-refractivity contribution < 1.29 is 0 Å². The molecule has 0 nitrogen and oxygen atoms in total. The second-order valence-electron chi connectivity index (χ2n) is 9.09. The number of rotatable bonds is 2. The molecule has 126 valence electrons. The summed E-state index contributed by atoms with van der Waals surface area (Å²) in [6.45, 7) is 5.00. The van der Waals surface area contributed by atoms with Gasteiger partial charge in [0.2, 0.25) is 0 Å². The van der Waals surface area contributed by atoms with Gasteiger partial charge in [-0.15, -0.1) is 0 Å². The van der Waals surface area contributed by atoms with E-state index in [0.717, 1.165) is 11.8 Å². The van der Waals surface area contributed by atoms with E-state index in [1.54, 1.807) is 5.57 Å². The third-order valence-electron chi connectivity index (χ3n) is 6.64. The summed E-state index contributed by atoms with van der Waals surface area (Å²) < 4.78 is 0. The Morgan fingerprint density at radius 3 is 2.62 bits per heavy atom. The van der Waals surface area contributed by atoms with Crippen LogP contribution < -0.4 is 0 Å². The Hall–Kier alpha value is -1.56. The molecule has 24 heavy (non-hydrogen) atoms. The molecule has 0 heterocycles. The minimum absolute atomic E-state index is 0.466. The van der Waals surface area contributed by atoms with Crippen molar-refractivity contribution in [1.29, 1.82) is 0 Å². The minimum Gasteiger partial charge on any atom is -0.0839 e. The van der Waals surface area contributed by atoms with Crippen LogP contribution in [0.4, 0.5) is 0 Å². The molecule has 0 heteroatoms. The quantitative estimate of drug-likeness (QED) is 0.562. The van der Waals surface area contributed by atoms with Crippen LogP contribution in [-0.2, 0) is 0 Å². The molecule has 4 rings (SSSR count). The summed E-state index contributed by atoms with van der Waals surface area (Å²) in [6, 6.07) is 10.9. The lowest BCUT2D eigenvalue weighted by molar-refractivity contribution is -0.00604. The van der Waals surface area contributed by atoms with Crippen LogP contribution in [0.5, 0.6) is 0 Å². The third kappa shape index (κ3) is 3.04. The molecule has 3 aliphatic rings. The minimum atomic E-state index is 0.466. The molecule has 3 unspecified atom stereocenters. The van der Waals surface area contributed by atoms with E-state index < -0.39 is 0 Å². The van der Waals surface area contributed by atoms with Crippen molar-refractivity contribution in [3.63, 3.8) is 0 Å². The zero-order chi connectivity index (χ0) is 16.6. The van der Waals surface area contributed by atoms with Crippen LogP contribution in [0.2, 0.25) is 0 Å². The van der Waals surface area contributed by atoms with E-state index >= 15 is 0 Å². The Labute approximate surface area is 147 Å². The number of allylic oxidation sites excluding steroid dienone is 5. The first kappa shape index (κ1) is 15.9. The van der Waals surface area contributed by atoms with Gasteiger partial charge >= 0.3 is 0 Å². The third-order valence-corrected chi connectivity index (χ3v) is 6.64. The average Bonchev–Trinajstić information content (AvgIpc) is 2.58. The first-order chi connectivity index (χ1) is 11.6. The molecular formula is C24H30. The van der Waals surface area contributed by atoms with Crippen LogP contribution in [0, 0.1) is 22.7 Å². The van der Waals surface area contributed by atoms with Crippen LogP contribution in [0.15, 0.2) is 60.2 Å². The highest BCUT2D eigenvalue weighted by atomic mass is 14.5. The zero-order valence-electron chi connectivity index (χ0n) is 15.2. The fourth-order valence-corrected chi connectivity index (χ4v) is 5.83. The van der Waals surface area contributed by atoms with Crippen molar-refractivity contribution >= 4 is 6.08 Å². The highest BCUT2D eigenvalue weighted by Crippen LogP contribution is 2.61. The first-order valence-electron chi connectivity index (χ1n) is 9.65. The summed E-state index contributed by atoms with van der Waals surface area (Å²) in [5.74, 6) is 1.53. The van der Waals surface area contributed by atoms with E-state index in [1.807, 2.05) is 0 Å². The van der Waals surface area contributed by atoms with Gasteiger partial charge in [-0.2, -0.15) is 0 Å². The molecule has 0 aliphatic heterocycles. The molecule has 0 saturated heterocycles. The molecule has 1 aromatic rings. The van der Waals surface area contributed by atoms with Crippen molar-refractivity contribution in [1.82, 2.24) is 0 Å². The summed E-state index contributed by atoms with van der Waals surface area (Å²) >= 11 is 0. The van der Waals surface area contributed by atoms with Gasteiger partial charge in [0.15, 0.2) is 0 Å². The van der Waals surface area contributed by atoms with Gasteiger partial charge in [0.25, 0.3) is 0 Å². The summed E-state index contributed by atoms with van der Waals surface area (Å²) in [5, 5.41) is 0. The van der Waals surface area contributed by atoms with Crippen molar-refractivity contribution in [2.45, 2.75) is 52.4 Å². The summed E-state index contributed by atoms with van der Waals surface area (Å²) in [4.78, 5) is 0. The van der Waals surface area contributed by atoms with Crippen molar-refractivity contribution in [2.24, 2.45) is 22.7 Å². The van der Waals surface area contributed by atoms with E-state index in [-0.39, 0.29) is 0 Å². The molecule has 0 spiro atoms. The maximum Gasteiger partial charge on any atom is -0.0139 e. The Morgan fingerprint density at radius 2 is 1.88 bits per heavy atom. The predicted octanol–water partition coefficient (Wildman–Crippen LogP) is 6.81. The largest absolute Gasteiger partial charge is 0.0839 e. The van der Waals surface area contributed by atoms with E-state index in [9.17, 15) is 0 Å². The lowest BCUT2D eigenvalue weighted by Crippen LogP contribution is -2.45. The van der Waals surface area contributed by atoms with Crippen LogP contribution >= 0.6 is 0 Å². The van der Waals surface area contributed by atoms with Crippen LogP contribution in [0.1, 0.15) is 57.9 Å². The Kier molecular flexibility index (Phi) is 4.03. The summed E-state index contributed by atoms with van der Waals surface area (Å²) in [6.07, 6.45) is 20.0. The van der Waals surface area contributed by atoms with Gasteiger partial charge in [0.05, 0.1) is 0 Å². The number of hydrogen-bond donors (Lipinski definition) is 0. The molecule has 0 amide bonds. The maximum absolute atomic E-state index is 2.50. The lowest BCUT2D eigenvalue weighted by Gasteiger charge is -2.56. The number of benzene rings is 1. The Balaban J connectivity index is 1.64. The second kappa shape index (κ2) is 6.06. The van der Waals surface area contributed by atoms with E-state index in [1.165, 1.54) is 44.1 Å². The van der Waals surface area contributed by atoms with Gasteiger partial charge in [0, 0.05) is 0 Å². The first-order valence-corrected chi connectivity index (χ1v) is 9.65. The predicted molar refractivity (Wildman–Crippen MR) is 104 cm³/mol.